The Balaban J connectivity index is 1.45. The number of nitrogens with zero attached hydrogens (tertiary/aromatic N) is 2. The van der Waals surface area contributed by atoms with Crippen LogP contribution >= 0.6 is 34.8 Å². The summed E-state index contributed by atoms with van der Waals surface area (Å²) < 4.78 is 0. The maximum Gasteiger partial charge on any atom is 0.253 e. The van der Waals surface area contributed by atoms with E-state index in [2.05, 4.69) is 10.2 Å². The van der Waals surface area contributed by atoms with Crippen LogP contribution in [0, 0.1) is 0 Å². The third-order valence-electron chi connectivity index (χ3n) is 4.60. The SMILES string of the molecule is O=C(NCC(=O)N1CCN(Cc2cccc(Cl)c2)CC1)c1ccc(Cl)cc1Cl. The van der Waals surface area contributed by atoms with E-state index < -0.39 is 5.91 Å². The lowest BCUT2D eigenvalue weighted by molar-refractivity contribution is -0.131. The van der Waals surface area contributed by atoms with Gasteiger partial charge in [0.2, 0.25) is 5.91 Å². The Kier molecular flexibility index (Phi) is 7.18. The molecule has 1 aliphatic rings. The van der Waals surface area contributed by atoms with Gasteiger partial charge < -0.3 is 10.2 Å². The second kappa shape index (κ2) is 9.61. The van der Waals surface area contributed by atoms with Gasteiger partial charge in [0.15, 0.2) is 0 Å². The third-order valence-corrected chi connectivity index (χ3v) is 5.38. The van der Waals surface area contributed by atoms with Gasteiger partial charge in [0.1, 0.15) is 0 Å². The molecule has 2 aromatic carbocycles. The van der Waals surface area contributed by atoms with Crippen molar-refractivity contribution in [1.82, 2.24) is 15.1 Å². The van der Waals surface area contributed by atoms with Crippen LogP contribution < -0.4 is 5.32 Å². The van der Waals surface area contributed by atoms with Gasteiger partial charge in [-0.05, 0) is 35.9 Å². The van der Waals surface area contributed by atoms with Gasteiger partial charge in [0.25, 0.3) is 5.91 Å². The summed E-state index contributed by atoms with van der Waals surface area (Å²) >= 11 is 17.9. The Bertz CT molecular complexity index is 868. The van der Waals surface area contributed by atoms with E-state index in [1.54, 1.807) is 17.0 Å². The fourth-order valence-electron chi connectivity index (χ4n) is 3.09. The zero-order valence-electron chi connectivity index (χ0n) is 15.1. The molecule has 0 unspecified atom stereocenters. The first kappa shape index (κ1) is 20.9. The van der Waals surface area contributed by atoms with Crippen LogP contribution in [0.3, 0.4) is 0 Å². The Morgan fingerprint density at radius 1 is 0.929 bits per heavy atom. The first-order valence-corrected chi connectivity index (χ1v) is 10.0. The molecule has 0 bridgehead atoms. The lowest BCUT2D eigenvalue weighted by atomic mass is 10.2. The standard InChI is InChI=1S/C20H20Cl3N3O2/c21-15-3-1-2-14(10-15)13-25-6-8-26(9-7-25)19(27)12-24-20(28)17-5-4-16(22)11-18(17)23/h1-5,10-11H,6-9,12-13H2,(H,24,28). The molecular formula is C20H20Cl3N3O2. The zero-order chi connectivity index (χ0) is 20.1. The van der Waals surface area contributed by atoms with Crippen molar-refractivity contribution in [2.24, 2.45) is 0 Å². The highest BCUT2D eigenvalue weighted by Crippen LogP contribution is 2.20. The van der Waals surface area contributed by atoms with Crippen LogP contribution in [0.1, 0.15) is 15.9 Å². The molecule has 0 spiro atoms. The highest BCUT2D eigenvalue weighted by atomic mass is 35.5. The average molecular weight is 441 g/mol. The molecule has 0 aliphatic carbocycles. The highest BCUT2D eigenvalue weighted by molar-refractivity contribution is 6.36. The fraction of sp³-hybridized carbons (Fsp3) is 0.300. The summed E-state index contributed by atoms with van der Waals surface area (Å²) in [4.78, 5) is 28.7. The number of halogens is 3. The summed E-state index contributed by atoms with van der Waals surface area (Å²) in [5.74, 6) is -0.504. The van der Waals surface area contributed by atoms with E-state index in [0.29, 0.717) is 23.7 Å². The van der Waals surface area contributed by atoms with Crippen molar-refractivity contribution in [3.05, 3.63) is 68.7 Å². The second-order valence-corrected chi connectivity index (χ2v) is 7.87. The number of piperazine rings is 1. The predicted molar refractivity (Wildman–Crippen MR) is 112 cm³/mol. The average Bonchev–Trinajstić information content (AvgIpc) is 2.66. The zero-order valence-corrected chi connectivity index (χ0v) is 17.4. The molecule has 1 aliphatic heterocycles. The minimum Gasteiger partial charge on any atom is -0.343 e. The smallest absolute Gasteiger partial charge is 0.253 e. The van der Waals surface area contributed by atoms with Gasteiger partial charge in [-0.25, -0.2) is 0 Å². The minimum atomic E-state index is -0.394. The van der Waals surface area contributed by atoms with Gasteiger partial charge in [0, 0.05) is 42.8 Å². The molecule has 1 heterocycles. The van der Waals surface area contributed by atoms with E-state index >= 15 is 0 Å². The molecule has 8 heteroatoms. The van der Waals surface area contributed by atoms with E-state index in [-0.39, 0.29) is 17.5 Å². The highest BCUT2D eigenvalue weighted by Gasteiger charge is 2.22. The van der Waals surface area contributed by atoms with Crippen LogP contribution in [0.5, 0.6) is 0 Å². The molecule has 2 amide bonds. The minimum absolute atomic E-state index is 0.0634. The summed E-state index contributed by atoms with van der Waals surface area (Å²) in [5, 5.41) is 4.06. The third kappa shape index (κ3) is 5.61. The van der Waals surface area contributed by atoms with Gasteiger partial charge in [-0.15, -0.1) is 0 Å². The number of amides is 2. The molecule has 28 heavy (non-hydrogen) atoms. The number of nitrogens with one attached hydrogen (secondary N) is 1. The lowest BCUT2D eigenvalue weighted by Gasteiger charge is -2.34. The molecule has 3 rings (SSSR count). The molecule has 1 saturated heterocycles. The number of hydrogen-bond donors (Lipinski definition) is 1. The van der Waals surface area contributed by atoms with Crippen molar-refractivity contribution >= 4 is 46.6 Å². The maximum atomic E-state index is 12.4. The molecule has 1 fully saturated rings. The Hall–Kier alpha value is -1.79. The molecular weight excluding hydrogens is 421 g/mol. The van der Waals surface area contributed by atoms with Crippen LogP contribution in [0.15, 0.2) is 42.5 Å². The summed E-state index contributed by atoms with van der Waals surface area (Å²) in [6, 6.07) is 12.4. The van der Waals surface area contributed by atoms with Gasteiger partial charge in [-0.3, -0.25) is 14.5 Å². The van der Waals surface area contributed by atoms with Gasteiger partial charge in [0.05, 0.1) is 17.1 Å². The van der Waals surface area contributed by atoms with Crippen molar-refractivity contribution in [2.45, 2.75) is 6.54 Å². The molecule has 1 N–H and O–H groups in total. The Labute approximate surface area is 179 Å². The number of rotatable bonds is 5. The van der Waals surface area contributed by atoms with Crippen molar-refractivity contribution in [3.63, 3.8) is 0 Å². The second-order valence-electron chi connectivity index (χ2n) is 6.59. The maximum absolute atomic E-state index is 12.4. The van der Waals surface area contributed by atoms with Crippen LogP contribution in [-0.2, 0) is 11.3 Å². The number of carbonyl (C=O) groups is 2. The van der Waals surface area contributed by atoms with Crippen LogP contribution in [-0.4, -0.2) is 54.3 Å². The Morgan fingerprint density at radius 2 is 1.64 bits per heavy atom. The first-order valence-electron chi connectivity index (χ1n) is 8.90. The van der Waals surface area contributed by atoms with E-state index in [1.807, 2.05) is 24.3 Å². The summed E-state index contributed by atoms with van der Waals surface area (Å²) in [6.07, 6.45) is 0. The number of carbonyl (C=O) groups excluding carboxylic acids is 2. The van der Waals surface area contributed by atoms with Crippen molar-refractivity contribution in [1.29, 1.82) is 0 Å². The predicted octanol–water partition coefficient (Wildman–Crippen LogP) is 3.72. The van der Waals surface area contributed by atoms with Gasteiger partial charge in [-0.2, -0.15) is 0 Å². The molecule has 5 nitrogen and oxygen atoms in total. The van der Waals surface area contributed by atoms with Gasteiger partial charge in [-0.1, -0.05) is 46.9 Å². The molecule has 2 aromatic rings. The summed E-state index contributed by atoms with van der Waals surface area (Å²) in [5.41, 5.74) is 1.45. The van der Waals surface area contributed by atoms with Crippen LogP contribution in [0.4, 0.5) is 0 Å². The molecule has 0 radical (unpaired) electrons. The first-order chi connectivity index (χ1) is 13.4. The quantitative estimate of drug-likeness (QED) is 0.771. The van der Waals surface area contributed by atoms with E-state index in [4.69, 9.17) is 34.8 Å². The van der Waals surface area contributed by atoms with Crippen molar-refractivity contribution in [2.75, 3.05) is 32.7 Å². The molecule has 0 atom stereocenters. The molecule has 148 valence electrons. The van der Waals surface area contributed by atoms with E-state index in [9.17, 15) is 9.59 Å². The normalized spacial score (nSPS) is 14.8. The monoisotopic (exact) mass is 439 g/mol. The van der Waals surface area contributed by atoms with Crippen LogP contribution in [0.2, 0.25) is 15.1 Å². The van der Waals surface area contributed by atoms with Crippen molar-refractivity contribution < 1.29 is 9.59 Å². The number of benzene rings is 2. The summed E-state index contributed by atoms with van der Waals surface area (Å²) in [6.45, 7) is 3.53. The Morgan fingerprint density at radius 3 is 2.32 bits per heavy atom. The molecule has 0 aromatic heterocycles. The largest absolute Gasteiger partial charge is 0.343 e. The van der Waals surface area contributed by atoms with Crippen molar-refractivity contribution in [3.8, 4) is 0 Å². The van der Waals surface area contributed by atoms with E-state index in [0.717, 1.165) is 30.2 Å². The lowest BCUT2D eigenvalue weighted by Crippen LogP contribution is -2.50. The number of hydrogen-bond acceptors (Lipinski definition) is 3. The fourth-order valence-corrected chi connectivity index (χ4v) is 3.79. The van der Waals surface area contributed by atoms with Crippen LogP contribution in [0.25, 0.3) is 0 Å². The topological polar surface area (TPSA) is 52.7 Å². The molecule has 0 saturated carbocycles. The van der Waals surface area contributed by atoms with E-state index in [1.165, 1.54) is 6.07 Å². The van der Waals surface area contributed by atoms with Gasteiger partial charge >= 0.3 is 0 Å². The summed E-state index contributed by atoms with van der Waals surface area (Å²) in [7, 11) is 0.